The summed E-state index contributed by atoms with van der Waals surface area (Å²) in [6, 6.07) is 0. The topological polar surface area (TPSA) is 26.0 Å². The lowest BCUT2D eigenvalue weighted by Crippen LogP contribution is -2.02. The molecule has 0 aromatic heterocycles. The van der Waals surface area contributed by atoms with Crippen molar-refractivity contribution in [3.05, 3.63) is 0 Å². The molecule has 1 saturated carbocycles. The van der Waals surface area contributed by atoms with Crippen molar-refractivity contribution in [2.24, 2.45) is 11.7 Å². The maximum absolute atomic E-state index is 5.13. The normalized spacial score (nSPS) is 16.5. The van der Waals surface area contributed by atoms with Gasteiger partial charge < -0.3 is 5.73 Å². The van der Waals surface area contributed by atoms with Crippen LogP contribution in [0.4, 0.5) is 0 Å². The molecule has 0 aromatic carbocycles. The van der Waals surface area contributed by atoms with Gasteiger partial charge in [-0.15, -0.1) is 0 Å². The summed E-state index contributed by atoms with van der Waals surface area (Å²) in [4.78, 5) is 0.317. The van der Waals surface area contributed by atoms with Crippen molar-refractivity contribution in [2.75, 3.05) is 0 Å². The Morgan fingerprint density at radius 1 is 1.62 bits per heavy atom. The molecule has 0 aliphatic heterocycles. The highest BCUT2D eigenvalue weighted by molar-refractivity contribution is 7.80. The van der Waals surface area contributed by atoms with Crippen LogP contribution in [0.25, 0.3) is 0 Å². The van der Waals surface area contributed by atoms with Gasteiger partial charge in [-0.3, -0.25) is 0 Å². The van der Waals surface area contributed by atoms with Crippen LogP contribution in [0.3, 0.4) is 0 Å². The number of rotatable bonds is 0. The van der Waals surface area contributed by atoms with Gasteiger partial charge >= 0.3 is 0 Å². The smallest absolute Gasteiger partial charge is 0.148 e. The van der Waals surface area contributed by atoms with E-state index in [0.717, 1.165) is 0 Å². The third-order valence-electron chi connectivity index (χ3n) is 0.977. The van der Waals surface area contributed by atoms with Crippen LogP contribution >= 0.6 is 12.2 Å². The fraction of sp³-hybridized carbons (Fsp3) is 0.500. The first-order valence-corrected chi connectivity index (χ1v) is 3.01. The second-order valence-corrected chi connectivity index (χ2v) is 2.35. The van der Waals surface area contributed by atoms with E-state index >= 15 is 0 Å². The van der Waals surface area contributed by atoms with Gasteiger partial charge in [-0.05, 0) is 18.8 Å². The predicted octanol–water partition coefficient (Wildman–Crippen LogP) is 0.686. The Hall–Kier alpha value is -0.550. The van der Waals surface area contributed by atoms with Gasteiger partial charge in [0, 0.05) is 5.92 Å². The van der Waals surface area contributed by atoms with Crippen LogP contribution in [-0.2, 0) is 0 Å². The summed E-state index contributed by atoms with van der Waals surface area (Å²) in [5.74, 6) is 6.21. The first-order valence-electron chi connectivity index (χ1n) is 2.60. The molecule has 0 amide bonds. The number of nitrogens with two attached hydrogens (primary N) is 1. The highest BCUT2D eigenvalue weighted by Crippen LogP contribution is 2.27. The van der Waals surface area contributed by atoms with Crippen molar-refractivity contribution in [1.82, 2.24) is 0 Å². The predicted molar refractivity (Wildman–Crippen MR) is 37.3 cm³/mol. The van der Waals surface area contributed by atoms with Crippen LogP contribution in [0.5, 0.6) is 0 Å². The summed E-state index contributed by atoms with van der Waals surface area (Å²) in [5, 5.41) is 0. The van der Waals surface area contributed by atoms with Crippen LogP contribution in [0, 0.1) is 17.8 Å². The molecule has 1 aliphatic rings. The number of thiocarbonyl (C=S) groups is 1. The Labute approximate surface area is 54.3 Å². The Balaban J connectivity index is 2.34. The van der Waals surface area contributed by atoms with Crippen LogP contribution in [0.15, 0.2) is 0 Å². The van der Waals surface area contributed by atoms with Crippen LogP contribution < -0.4 is 5.73 Å². The molecule has 1 fully saturated rings. The maximum Gasteiger partial charge on any atom is 0.148 e. The van der Waals surface area contributed by atoms with Crippen molar-refractivity contribution in [1.29, 1.82) is 0 Å². The molecule has 0 unspecified atom stereocenters. The minimum absolute atomic E-state index is 0.317. The molecule has 1 nitrogen and oxygen atoms in total. The van der Waals surface area contributed by atoms with E-state index in [-0.39, 0.29) is 0 Å². The van der Waals surface area contributed by atoms with Gasteiger partial charge in [0.1, 0.15) is 4.99 Å². The van der Waals surface area contributed by atoms with E-state index in [9.17, 15) is 0 Å². The molecule has 0 atom stereocenters. The van der Waals surface area contributed by atoms with Crippen LogP contribution in [-0.4, -0.2) is 4.99 Å². The highest BCUT2D eigenvalue weighted by atomic mass is 32.1. The fourth-order valence-electron chi connectivity index (χ4n) is 0.401. The van der Waals surface area contributed by atoms with E-state index in [2.05, 4.69) is 24.1 Å². The molecule has 2 N–H and O–H groups in total. The minimum Gasteiger partial charge on any atom is -0.383 e. The monoisotopic (exact) mass is 125 g/mol. The average molecular weight is 125 g/mol. The third kappa shape index (κ3) is 1.94. The number of hydrogen-bond acceptors (Lipinski definition) is 1. The summed E-state index contributed by atoms with van der Waals surface area (Å²) in [6.45, 7) is 0. The minimum atomic E-state index is 0.317. The summed E-state index contributed by atoms with van der Waals surface area (Å²) in [5.41, 5.74) is 5.13. The van der Waals surface area contributed by atoms with E-state index < -0.39 is 0 Å². The van der Waals surface area contributed by atoms with Crippen molar-refractivity contribution in [2.45, 2.75) is 12.8 Å². The van der Waals surface area contributed by atoms with Gasteiger partial charge in [0.25, 0.3) is 0 Å². The van der Waals surface area contributed by atoms with Gasteiger partial charge in [-0.2, -0.15) is 0 Å². The lowest BCUT2D eigenvalue weighted by atomic mass is 10.4. The molecule has 42 valence electrons. The van der Waals surface area contributed by atoms with Crippen molar-refractivity contribution >= 4 is 17.2 Å². The van der Waals surface area contributed by atoms with E-state index in [0.29, 0.717) is 10.9 Å². The van der Waals surface area contributed by atoms with Gasteiger partial charge in [0.2, 0.25) is 0 Å². The van der Waals surface area contributed by atoms with Gasteiger partial charge in [0.15, 0.2) is 0 Å². The quantitative estimate of drug-likeness (QED) is 0.380. The van der Waals surface area contributed by atoms with Gasteiger partial charge in [-0.1, -0.05) is 18.1 Å². The van der Waals surface area contributed by atoms with E-state index in [1.165, 1.54) is 12.8 Å². The molecule has 0 radical (unpaired) electrons. The number of hydrogen-bond donors (Lipinski definition) is 1. The van der Waals surface area contributed by atoms with Gasteiger partial charge in [0.05, 0.1) is 0 Å². The zero-order valence-electron chi connectivity index (χ0n) is 4.48. The van der Waals surface area contributed by atoms with Crippen molar-refractivity contribution in [3.63, 3.8) is 0 Å². The first kappa shape index (κ1) is 5.58. The van der Waals surface area contributed by atoms with E-state index in [1.54, 1.807) is 0 Å². The SMILES string of the molecule is NC(=S)C#CC1CC1. The molecule has 0 saturated heterocycles. The van der Waals surface area contributed by atoms with Gasteiger partial charge in [-0.25, -0.2) is 0 Å². The standard InChI is InChI=1S/C6H7NS/c7-6(8)4-3-5-1-2-5/h5H,1-2H2,(H2,7,8). The summed E-state index contributed by atoms with van der Waals surface area (Å²) < 4.78 is 0. The largest absolute Gasteiger partial charge is 0.383 e. The molecule has 8 heavy (non-hydrogen) atoms. The van der Waals surface area contributed by atoms with E-state index in [1.807, 2.05) is 0 Å². The highest BCUT2D eigenvalue weighted by Gasteiger charge is 2.17. The molecule has 0 heterocycles. The van der Waals surface area contributed by atoms with E-state index in [4.69, 9.17) is 5.73 Å². The zero-order chi connectivity index (χ0) is 5.98. The summed E-state index contributed by atoms with van der Waals surface area (Å²) in [7, 11) is 0. The molecule has 1 aliphatic carbocycles. The summed E-state index contributed by atoms with van der Waals surface area (Å²) >= 11 is 4.55. The Bertz CT molecular complexity index is 159. The van der Waals surface area contributed by atoms with Crippen molar-refractivity contribution in [3.8, 4) is 11.8 Å². The summed E-state index contributed by atoms with van der Waals surface area (Å²) in [6.07, 6.45) is 2.46. The van der Waals surface area contributed by atoms with Crippen molar-refractivity contribution < 1.29 is 0 Å². The first-order chi connectivity index (χ1) is 3.79. The lowest BCUT2D eigenvalue weighted by molar-refractivity contribution is 1.18. The van der Waals surface area contributed by atoms with Crippen LogP contribution in [0.1, 0.15) is 12.8 Å². The van der Waals surface area contributed by atoms with Crippen LogP contribution in [0.2, 0.25) is 0 Å². The molecule has 0 spiro atoms. The Morgan fingerprint density at radius 2 is 2.25 bits per heavy atom. The molecular weight excluding hydrogens is 118 g/mol. The second-order valence-electron chi connectivity index (χ2n) is 1.91. The second kappa shape index (κ2) is 2.15. The third-order valence-corrected chi connectivity index (χ3v) is 1.08. The lowest BCUT2D eigenvalue weighted by Gasteiger charge is -1.73. The Kier molecular flexibility index (Phi) is 1.50. The fourth-order valence-corrected chi connectivity index (χ4v) is 0.460. The molecule has 2 heteroatoms. The molecule has 0 bridgehead atoms. The Morgan fingerprint density at radius 3 is 2.62 bits per heavy atom. The molecule has 0 aromatic rings. The molecular formula is C6H7NS. The maximum atomic E-state index is 5.13. The zero-order valence-corrected chi connectivity index (χ0v) is 5.29. The molecule has 1 rings (SSSR count). The average Bonchev–Trinajstić information content (AvgIpc) is 2.41.